The van der Waals surface area contributed by atoms with Crippen molar-refractivity contribution >= 4 is 23.3 Å². The third kappa shape index (κ3) is 6.63. The van der Waals surface area contributed by atoms with E-state index in [2.05, 4.69) is 15.6 Å². The van der Waals surface area contributed by atoms with Gasteiger partial charge < -0.3 is 24.8 Å². The number of ether oxygens (including phenoxy) is 3. The van der Waals surface area contributed by atoms with Gasteiger partial charge in [0.1, 0.15) is 5.82 Å². The highest BCUT2D eigenvalue weighted by atomic mass is 16.5. The zero-order valence-corrected chi connectivity index (χ0v) is 17.9. The molecule has 1 aromatic carbocycles. The van der Waals surface area contributed by atoms with Crippen molar-refractivity contribution in [2.75, 3.05) is 52.1 Å². The van der Waals surface area contributed by atoms with E-state index in [1.807, 2.05) is 19.1 Å². The molecule has 0 radical (unpaired) electrons. The fourth-order valence-corrected chi connectivity index (χ4v) is 2.79. The number of rotatable bonds is 10. The van der Waals surface area contributed by atoms with E-state index in [1.54, 1.807) is 30.1 Å². The predicted octanol–water partition coefficient (Wildman–Crippen LogP) is 2.31. The van der Waals surface area contributed by atoms with E-state index in [0.717, 1.165) is 5.69 Å². The van der Waals surface area contributed by atoms with Crippen LogP contribution in [0.1, 0.15) is 12.1 Å². The van der Waals surface area contributed by atoms with Gasteiger partial charge in [-0.2, -0.15) is 0 Å². The maximum absolute atomic E-state index is 12.3. The Kier molecular flexibility index (Phi) is 8.42. The highest BCUT2D eigenvalue weighted by molar-refractivity contribution is 5.92. The minimum absolute atomic E-state index is 0.146. The molecule has 0 aliphatic carbocycles. The van der Waals surface area contributed by atoms with Gasteiger partial charge in [0.15, 0.2) is 11.5 Å². The van der Waals surface area contributed by atoms with Gasteiger partial charge in [-0.25, -0.2) is 4.98 Å². The lowest BCUT2D eigenvalue weighted by molar-refractivity contribution is -0.119. The minimum Gasteiger partial charge on any atom is -0.493 e. The number of hydrogen-bond donors (Lipinski definition) is 2. The molecule has 30 heavy (non-hydrogen) atoms. The quantitative estimate of drug-likeness (QED) is 0.613. The summed E-state index contributed by atoms with van der Waals surface area (Å²) in [4.78, 5) is 30.5. The topological polar surface area (TPSA) is 102 Å². The Morgan fingerprint density at radius 1 is 1.00 bits per heavy atom. The zero-order chi connectivity index (χ0) is 22.1. The molecule has 2 aromatic rings. The van der Waals surface area contributed by atoms with Crippen LogP contribution in [0, 0.1) is 6.92 Å². The van der Waals surface area contributed by atoms with E-state index >= 15 is 0 Å². The van der Waals surface area contributed by atoms with Gasteiger partial charge in [-0.3, -0.25) is 14.5 Å². The molecular weight excluding hydrogens is 388 g/mol. The van der Waals surface area contributed by atoms with Crippen molar-refractivity contribution in [1.29, 1.82) is 0 Å². The van der Waals surface area contributed by atoms with Gasteiger partial charge in [0.25, 0.3) is 0 Å². The Balaban J connectivity index is 1.86. The molecule has 0 unspecified atom stereocenters. The minimum atomic E-state index is -0.197. The summed E-state index contributed by atoms with van der Waals surface area (Å²) < 4.78 is 15.8. The maximum Gasteiger partial charge on any atom is 0.239 e. The largest absolute Gasteiger partial charge is 0.493 e. The number of anilines is 2. The Morgan fingerprint density at radius 3 is 2.23 bits per heavy atom. The van der Waals surface area contributed by atoms with Crippen LogP contribution in [0.2, 0.25) is 0 Å². The maximum atomic E-state index is 12.3. The summed E-state index contributed by atoms with van der Waals surface area (Å²) in [7, 11) is 6.31. The molecule has 0 aliphatic heterocycles. The number of methoxy groups -OCH3 is 3. The molecule has 0 spiro atoms. The summed E-state index contributed by atoms with van der Waals surface area (Å²) in [6.45, 7) is 2.41. The fourth-order valence-electron chi connectivity index (χ4n) is 2.79. The molecule has 1 heterocycles. The lowest BCUT2D eigenvalue weighted by Gasteiger charge is -2.17. The second-order valence-corrected chi connectivity index (χ2v) is 6.66. The molecule has 2 amide bonds. The Hall–Kier alpha value is -3.33. The van der Waals surface area contributed by atoms with Crippen molar-refractivity contribution in [3.05, 3.63) is 36.0 Å². The number of pyridine rings is 1. The van der Waals surface area contributed by atoms with Crippen LogP contribution >= 0.6 is 0 Å². The van der Waals surface area contributed by atoms with Crippen molar-refractivity contribution < 1.29 is 23.8 Å². The number of aromatic nitrogens is 1. The number of nitrogens with zero attached hydrogens (tertiary/aromatic N) is 2. The first-order valence-corrected chi connectivity index (χ1v) is 9.38. The van der Waals surface area contributed by atoms with E-state index in [9.17, 15) is 9.59 Å². The van der Waals surface area contributed by atoms with Gasteiger partial charge in [-0.1, -0.05) is 6.07 Å². The number of amides is 2. The first-order chi connectivity index (χ1) is 14.4. The van der Waals surface area contributed by atoms with Crippen LogP contribution in [0.25, 0.3) is 0 Å². The number of carbonyl (C=O) groups is 2. The average Bonchev–Trinajstić information content (AvgIpc) is 2.71. The van der Waals surface area contributed by atoms with Gasteiger partial charge in [0.05, 0.1) is 27.9 Å². The van der Waals surface area contributed by atoms with Gasteiger partial charge in [-0.05, 0) is 26.1 Å². The SMILES string of the molecule is COc1cc(NC(=O)CCN(C)CC(=O)Nc2cccc(C)n2)cc(OC)c1OC. The van der Waals surface area contributed by atoms with Gasteiger partial charge in [0.2, 0.25) is 17.6 Å². The molecule has 162 valence electrons. The van der Waals surface area contributed by atoms with Crippen molar-refractivity contribution in [3.8, 4) is 17.2 Å². The first kappa shape index (κ1) is 23.0. The van der Waals surface area contributed by atoms with Gasteiger partial charge >= 0.3 is 0 Å². The molecule has 2 N–H and O–H groups in total. The van der Waals surface area contributed by atoms with Crippen molar-refractivity contribution in [1.82, 2.24) is 9.88 Å². The highest BCUT2D eigenvalue weighted by Crippen LogP contribution is 2.39. The molecule has 9 nitrogen and oxygen atoms in total. The molecule has 0 fully saturated rings. The Morgan fingerprint density at radius 2 is 1.67 bits per heavy atom. The first-order valence-electron chi connectivity index (χ1n) is 9.38. The van der Waals surface area contributed by atoms with Crippen LogP contribution in [-0.2, 0) is 9.59 Å². The van der Waals surface area contributed by atoms with Crippen molar-refractivity contribution in [2.45, 2.75) is 13.3 Å². The molecule has 0 atom stereocenters. The summed E-state index contributed by atoms with van der Waals surface area (Å²) >= 11 is 0. The molecule has 9 heteroatoms. The molecule has 2 rings (SSSR count). The third-order valence-corrected chi connectivity index (χ3v) is 4.24. The average molecular weight is 416 g/mol. The predicted molar refractivity (Wildman–Crippen MR) is 114 cm³/mol. The van der Waals surface area contributed by atoms with E-state index < -0.39 is 0 Å². The molecule has 0 aliphatic rings. The lowest BCUT2D eigenvalue weighted by atomic mass is 10.2. The monoisotopic (exact) mass is 416 g/mol. The van der Waals surface area contributed by atoms with Crippen LogP contribution in [-0.4, -0.2) is 63.2 Å². The van der Waals surface area contributed by atoms with E-state index in [0.29, 0.717) is 35.3 Å². The van der Waals surface area contributed by atoms with E-state index in [1.165, 1.54) is 21.3 Å². The smallest absolute Gasteiger partial charge is 0.239 e. The molecule has 1 aromatic heterocycles. The Labute approximate surface area is 176 Å². The summed E-state index contributed by atoms with van der Waals surface area (Å²) in [5.41, 5.74) is 1.35. The van der Waals surface area contributed by atoms with Crippen molar-refractivity contribution in [3.63, 3.8) is 0 Å². The number of aryl methyl sites for hydroxylation is 1. The summed E-state index contributed by atoms with van der Waals surface area (Å²) in [6.07, 6.45) is 0.211. The summed E-state index contributed by atoms with van der Waals surface area (Å²) in [6, 6.07) is 8.73. The van der Waals surface area contributed by atoms with E-state index in [4.69, 9.17) is 14.2 Å². The van der Waals surface area contributed by atoms with Gasteiger partial charge in [0, 0.05) is 36.5 Å². The lowest BCUT2D eigenvalue weighted by Crippen LogP contribution is -2.32. The summed E-state index contributed by atoms with van der Waals surface area (Å²) in [5.74, 6) is 1.47. The van der Waals surface area contributed by atoms with Crippen LogP contribution < -0.4 is 24.8 Å². The second-order valence-electron chi connectivity index (χ2n) is 6.66. The number of hydrogen-bond acceptors (Lipinski definition) is 7. The molecule has 0 bridgehead atoms. The Bertz CT molecular complexity index is 862. The molecule has 0 saturated carbocycles. The number of likely N-dealkylation sites (N-methyl/N-ethyl adjacent to an activating group) is 1. The highest BCUT2D eigenvalue weighted by Gasteiger charge is 2.15. The molecular formula is C21H28N4O5. The van der Waals surface area contributed by atoms with Crippen LogP contribution in [0.15, 0.2) is 30.3 Å². The number of nitrogens with one attached hydrogen (secondary N) is 2. The second kappa shape index (κ2) is 11.0. The normalized spacial score (nSPS) is 10.5. The van der Waals surface area contributed by atoms with Crippen LogP contribution in [0.3, 0.4) is 0 Å². The van der Waals surface area contributed by atoms with Crippen LogP contribution in [0.5, 0.6) is 17.2 Å². The summed E-state index contributed by atoms with van der Waals surface area (Å²) in [5, 5.41) is 5.55. The standard InChI is InChI=1S/C21H28N4O5/c1-14-7-6-8-18(22-14)24-20(27)13-25(2)10-9-19(26)23-15-11-16(28-3)21(30-5)17(12-15)29-4/h6-8,11-12H,9-10,13H2,1-5H3,(H,23,26)(H,22,24,27). The fraction of sp³-hybridized carbons (Fsp3) is 0.381. The third-order valence-electron chi connectivity index (χ3n) is 4.24. The van der Waals surface area contributed by atoms with Crippen LogP contribution in [0.4, 0.5) is 11.5 Å². The van der Waals surface area contributed by atoms with E-state index in [-0.39, 0.29) is 24.8 Å². The van der Waals surface area contributed by atoms with Gasteiger partial charge in [-0.15, -0.1) is 0 Å². The van der Waals surface area contributed by atoms with Crippen molar-refractivity contribution in [2.24, 2.45) is 0 Å². The molecule has 0 saturated heterocycles. The number of carbonyl (C=O) groups excluding carboxylic acids is 2. The number of benzene rings is 1. The zero-order valence-electron chi connectivity index (χ0n) is 17.9.